The second-order valence-corrected chi connectivity index (χ2v) is 7.77. The zero-order valence-electron chi connectivity index (χ0n) is 18.1. The Kier molecular flexibility index (Phi) is 5.22. The molecular weight excluding hydrogens is 434 g/mol. The molecule has 1 amide bonds. The highest BCUT2D eigenvalue weighted by atomic mass is 16.5. The van der Waals surface area contributed by atoms with E-state index >= 15 is 0 Å². The summed E-state index contributed by atoms with van der Waals surface area (Å²) in [6.45, 7) is 0. The molecule has 3 aromatic carbocycles. The Labute approximate surface area is 194 Å². The van der Waals surface area contributed by atoms with Crippen molar-refractivity contribution in [1.29, 1.82) is 0 Å². The average molecular weight is 453 g/mol. The lowest BCUT2D eigenvalue weighted by molar-refractivity contribution is -0.117. The van der Waals surface area contributed by atoms with Crippen LogP contribution in [-0.4, -0.2) is 29.9 Å². The third kappa shape index (κ3) is 3.44. The fourth-order valence-corrected chi connectivity index (χ4v) is 4.16. The maximum absolute atomic E-state index is 13.6. The van der Waals surface area contributed by atoms with Crippen LogP contribution in [0, 0.1) is 0 Å². The summed E-state index contributed by atoms with van der Waals surface area (Å²) >= 11 is 0. The van der Waals surface area contributed by atoms with Gasteiger partial charge in [-0.1, -0.05) is 48.5 Å². The highest BCUT2D eigenvalue weighted by molar-refractivity contribution is 6.20. The fraction of sp³-hybridized carbons (Fsp3) is 0.0741. The van der Waals surface area contributed by atoms with Crippen molar-refractivity contribution in [2.75, 3.05) is 12.0 Å². The molecule has 1 aliphatic heterocycles. The van der Waals surface area contributed by atoms with E-state index in [1.165, 1.54) is 24.1 Å². The maximum Gasteiger partial charge on any atom is 0.337 e. The predicted molar refractivity (Wildman–Crippen MR) is 125 cm³/mol. The van der Waals surface area contributed by atoms with Gasteiger partial charge in [-0.15, -0.1) is 0 Å². The molecular formula is C27H19NO6. The van der Waals surface area contributed by atoms with E-state index in [1.807, 2.05) is 18.2 Å². The lowest BCUT2D eigenvalue weighted by Crippen LogP contribution is -2.31. The molecule has 1 N–H and O–H groups in total. The number of rotatable bonds is 5. The summed E-state index contributed by atoms with van der Waals surface area (Å²) in [6.07, 6.45) is 0. The number of para-hydroxylation sites is 1. The number of methoxy groups -OCH3 is 1. The molecule has 0 fully saturated rings. The van der Waals surface area contributed by atoms with E-state index in [0.717, 1.165) is 5.39 Å². The second kappa shape index (κ2) is 8.37. The van der Waals surface area contributed by atoms with Gasteiger partial charge in [-0.05, 0) is 42.0 Å². The van der Waals surface area contributed by atoms with Gasteiger partial charge in [-0.25, -0.2) is 4.79 Å². The van der Waals surface area contributed by atoms with Crippen LogP contribution in [0.25, 0.3) is 11.0 Å². The van der Waals surface area contributed by atoms with Crippen molar-refractivity contribution >= 4 is 34.3 Å². The predicted octanol–water partition coefficient (Wildman–Crippen LogP) is 5.00. The summed E-state index contributed by atoms with van der Waals surface area (Å²) < 4.78 is 10.5. The molecule has 0 saturated heterocycles. The number of amides is 1. The van der Waals surface area contributed by atoms with Gasteiger partial charge in [-0.2, -0.15) is 0 Å². The Morgan fingerprint density at radius 1 is 0.941 bits per heavy atom. The Bertz CT molecular complexity index is 1420. The number of aliphatic hydroxyl groups excluding tert-OH is 1. The van der Waals surface area contributed by atoms with Gasteiger partial charge in [0.25, 0.3) is 5.91 Å². The quantitative estimate of drug-likeness (QED) is 0.337. The van der Waals surface area contributed by atoms with Gasteiger partial charge in [0.05, 0.1) is 24.3 Å². The average Bonchev–Trinajstić information content (AvgIpc) is 3.43. The van der Waals surface area contributed by atoms with Crippen LogP contribution in [0.4, 0.5) is 5.69 Å². The standard InChI is InChI=1S/C27H19NO6/c1-33-27(32)17-11-13-19(14-12-17)28-23(16-7-3-2-4-8-16)22(25(30)26(28)31)24(29)21-15-18-9-5-6-10-20(18)34-21/h2-15,23,30H,1H3. The van der Waals surface area contributed by atoms with Crippen LogP contribution in [0.3, 0.4) is 0 Å². The number of Topliss-reactive ketones (excluding diaryl/α,β-unsaturated/α-hetero) is 1. The van der Waals surface area contributed by atoms with Crippen LogP contribution in [0.5, 0.6) is 0 Å². The first-order valence-electron chi connectivity index (χ1n) is 10.5. The van der Waals surface area contributed by atoms with E-state index in [9.17, 15) is 19.5 Å². The van der Waals surface area contributed by atoms with Gasteiger partial charge in [0.15, 0.2) is 11.5 Å². The highest BCUT2D eigenvalue weighted by Gasteiger charge is 2.45. The number of hydrogen-bond donors (Lipinski definition) is 1. The van der Waals surface area contributed by atoms with Gasteiger partial charge in [0, 0.05) is 11.1 Å². The molecule has 0 spiro atoms. The van der Waals surface area contributed by atoms with Crippen molar-refractivity contribution in [2.45, 2.75) is 6.04 Å². The summed E-state index contributed by atoms with van der Waals surface area (Å²) in [5.41, 5.74) is 1.81. The van der Waals surface area contributed by atoms with Gasteiger partial charge < -0.3 is 14.3 Å². The first-order chi connectivity index (χ1) is 16.5. The van der Waals surface area contributed by atoms with E-state index in [1.54, 1.807) is 54.6 Å². The zero-order valence-corrected chi connectivity index (χ0v) is 18.1. The van der Waals surface area contributed by atoms with E-state index < -0.39 is 29.5 Å². The number of ether oxygens (including phenoxy) is 1. The van der Waals surface area contributed by atoms with Crippen molar-refractivity contribution in [3.63, 3.8) is 0 Å². The smallest absolute Gasteiger partial charge is 0.337 e. The largest absolute Gasteiger partial charge is 0.503 e. The fourth-order valence-electron chi connectivity index (χ4n) is 4.16. The van der Waals surface area contributed by atoms with Crippen LogP contribution < -0.4 is 4.90 Å². The summed E-state index contributed by atoms with van der Waals surface area (Å²) in [5.74, 6) is -2.43. The number of benzene rings is 3. The molecule has 0 saturated carbocycles. The number of hydrogen-bond acceptors (Lipinski definition) is 6. The van der Waals surface area contributed by atoms with Gasteiger partial charge >= 0.3 is 5.97 Å². The first-order valence-corrected chi connectivity index (χ1v) is 10.5. The highest BCUT2D eigenvalue weighted by Crippen LogP contribution is 2.42. The molecule has 0 aliphatic carbocycles. The molecule has 1 aromatic heterocycles. The number of anilines is 1. The van der Waals surface area contributed by atoms with Gasteiger partial charge in [0.1, 0.15) is 5.58 Å². The number of esters is 1. The lowest BCUT2D eigenvalue weighted by Gasteiger charge is -2.26. The van der Waals surface area contributed by atoms with Crippen molar-refractivity contribution < 1.29 is 28.6 Å². The molecule has 0 radical (unpaired) electrons. The van der Waals surface area contributed by atoms with Gasteiger partial charge in [-0.3, -0.25) is 14.5 Å². The lowest BCUT2D eigenvalue weighted by atomic mass is 9.94. The van der Waals surface area contributed by atoms with Crippen LogP contribution in [-0.2, 0) is 9.53 Å². The Balaban J connectivity index is 1.61. The van der Waals surface area contributed by atoms with E-state index in [2.05, 4.69) is 0 Å². The van der Waals surface area contributed by atoms with Crippen molar-refractivity contribution in [3.8, 4) is 0 Å². The molecule has 1 atom stereocenters. The minimum atomic E-state index is -0.890. The van der Waals surface area contributed by atoms with E-state index in [4.69, 9.17) is 9.15 Å². The number of nitrogens with zero attached hydrogens (tertiary/aromatic N) is 1. The van der Waals surface area contributed by atoms with Crippen molar-refractivity contribution in [2.24, 2.45) is 0 Å². The Morgan fingerprint density at radius 3 is 2.29 bits per heavy atom. The second-order valence-electron chi connectivity index (χ2n) is 7.77. The summed E-state index contributed by atoms with van der Waals surface area (Å²) in [4.78, 5) is 39.9. The number of aliphatic hydroxyl groups is 1. The van der Waals surface area contributed by atoms with Gasteiger partial charge in [0.2, 0.25) is 5.78 Å². The van der Waals surface area contributed by atoms with Crippen molar-refractivity contribution in [1.82, 2.24) is 0 Å². The minimum Gasteiger partial charge on any atom is -0.503 e. The number of furan rings is 1. The molecule has 2 heterocycles. The zero-order chi connectivity index (χ0) is 23.8. The number of fused-ring (bicyclic) bond motifs is 1. The topological polar surface area (TPSA) is 97.0 Å². The Morgan fingerprint density at radius 2 is 1.62 bits per heavy atom. The normalized spacial score (nSPS) is 15.7. The number of carbonyl (C=O) groups excluding carboxylic acids is 3. The molecule has 168 valence electrons. The number of ketones is 1. The third-order valence-corrected chi connectivity index (χ3v) is 5.78. The molecule has 1 unspecified atom stereocenters. The molecule has 5 rings (SSSR count). The SMILES string of the molecule is COC(=O)c1ccc(N2C(=O)C(O)=C(C(=O)c3cc4ccccc4o3)C2c2ccccc2)cc1. The molecule has 7 nitrogen and oxygen atoms in total. The van der Waals surface area contributed by atoms with Crippen LogP contribution in [0.1, 0.15) is 32.5 Å². The molecule has 4 aromatic rings. The summed E-state index contributed by atoms with van der Waals surface area (Å²) in [7, 11) is 1.28. The summed E-state index contributed by atoms with van der Waals surface area (Å²) in [6, 6.07) is 23.0. The van der Waals surface area contributed by atoms with Crippen LogP contribution >= 0.6 is 0 Å². The molecule has 1 aliphatic rings. The number of carbonyl (C=O) groups is 3. The third-order valence-electron chi connectivity index (χ3n) is 5.78. The minimum absolute atomic E-state index is 0.0272. The van der Waals surface area contributed by atoms with E-state index in [0.29, 0.717) is 22.4 Å². The molecule has 7 heteroatoms. The van der Waals surface area contributed by atoms with Crippen molar-refractivity contribution in [3.05, 3.63) is 113 Å². The first kappa shape index (κ1) is 21.2. The summed E-state index contributed by atoms with van der Waals surface area (Å²) in [5, 5.41) is 11.6. The van der Waals surface area contributed by atoms with Crippen LogP contribution in [0.15, 0.2) is 101 Å². The maximum atomic E-state index is 13.6. The molecule has 34 heavy (non-hydrogen) atoms. The van der Waals surface area contributed by atoms with Crippen LogP contribution in [0.2, 0.25) is 0 Å². The molecule has 0 bridgehead atoms. The van der Waals surface area contributed by atoms with E-state index in [-0.39, 0.29) is 11.3 Å². The monoisotopic (exact) mass is 453 g/mol. The Hall–Kier alpha value is -4.65.